The van der Waals surface area contributed by atoms with Crippen molar-refractivity contribution in [2.45, 2.75) is 13.0 Å². The number of carbonyl (C=O) groups excluding carboxylic acids is 1. The van der Waals surface area contributed by atoms with Gasteiger partial charge in [0.1, 0.15) is 0 Å². The highest BCUT2D eigenvalue weighted by Gasteiger charge is 2.08. The maximum absolute atomic E-state index is 12.0. The lowest BCUT2D eigenvalue weighted by Gasteiger charge is -2.14. The molecule has 2 aromatic rings. The summed E-state index contributed by atoms with van der Waals surface area (Å²) in [5, 5.41) is 2.73. The lowest BCUT2D eigenvalue weighted by atomic mass is 10.1. The molecule has 0 amide bonds. The van der Waals surface area contributed by atoms with Crippen LogP contribution in [0, 0.1) is 0 Å². The van der Waals surface area contributed by atoms with E-state index in [9.17, 15) is 4.79 Å². The lowest BCUT2D eigenvalue weighted by molar-refractivity contribution is 0.0968. The molecule has 20 heavy (non-hydrogen) atoms. The molecule has 106 valence electrons. The molecule has 0 aliphatic carbocycles. The summed E-state index contributed by atoms with van der Waals surface area (Å²) in [5.41, 5.74) is 0.724. The minimum Gasteiger partial charge on any atom is -0.301 e. The van der Waals surface area contributed by atoms with Crippen LogP contribution in [-0.4, -0.2) is 24.3 Å². The predicted octanol–water partition coefficient (Wildman–Crippen LogP) is 4.87. The van der Waals surface area contributed by atoms with Gasteiger partial charge in [0.15, 0.2) is 5.78 Å². The van der Waals surface area contributed by atoms with E-state index in [0.717, 1.165) is 23.1 Å². The lowest BCUT2D eigenvalue weighted by Crippen LogP contribution is -2.21. The third-order valence-corrected chi connectivity index (χ3v) is 4.87. The van der Waals surface area contributed by atoms with Gasteiger partial charge in [-0.25, -0.2) is 0 Å². The van der Waals surface area contributed by atoms with Crippen molar-refractivity contribution in [1.29, 1.82) is 0 Å². The van der Waals surface area contributed by atoms with Gasteiger partial charge in [0.05, 0.1) is 0 Å². The van der Waals surface area contributed by atoms with Crippen molar-refractivity contribution in [3.63, 3.8) is 0 Å². The molecule has 1 aromatic heterocycles. The molecule has 2 nitrogen and oxygen atoms in total. The molecule has 0 fully saturated rings. The van der Waals surface area contributed by atoms with Crippen molar-refractivity contribution in [3.05, 3.63) is 55.6 Å². The molecule has 0 N–H and O–H groups in total. The Labute approximate surface area is 136 Å². The average Bonchev–Trinajstić information content (AvgIpc) is 2.82. The Morgan fingerprint density at radius 2 is 2.05 bits per heavy atom. The van der Waals surface area contributed by atoms with E-state index >= 15 is 0 Å². The quantitative estimate of drug-likeness (QED) is 0.674. The third kappa shape index (κ3) is 4.70. The second kappa shape index (κ2) is 7.36. The molecule has 1 heterocycles. The molecule has 1 aromatic carbocycles. The summed E-state index contributed by atoms with van der Waals surface area (Å²) in [6, 6.07) is 9.17. The standard InChI is InChI=1S/C15H15BrClNOS/c1-18(9-14-8-12(16)10-20-14)7-6-15(19)11-2-4-13(17)5-3-11/h2-5,8,10H,6-7,9H2,1H3. The minimum absolute atomic E-state index is 0.154. The second-order valence-electron chi connectivity index (χ2n) is 4.65. The van der Waals surface area contributed by atoms with Crippen molar-refractivity contribution in [1.82, 2.24) is 4.90 Å². The van der Waals surface area contributed by atoms with Crippen LogP contribution in [-0.2, 0) is 6.54 Å². The van der Waals surface area contributed by atoms with E-state index in [1.54, 1.807) is 35.6 Å². The fraction of sp³-hybridized carbons (Fsp3) is 0.267. The number of hydrogen-bond acceptors (Lipinski definition) is 3. The van der Waals surface area contributed by atoms with Crippen LogP contribution in [0.1, 0.15) is 21.7 Å². The van der Waals surface area contributed by atoms with Gasteiger partial charge in [-0.3, -0.25) is 4.79 Å². The Morgan fingerprint density at radius 3 is 2.65 bits per heavy atom. The first-order valence-corrected chi connectivity index (χ1v) is 8.30. The maximum atomic E-state index is 12.0. The summed E-state index contributed by atoms with van der Waals surface area (Å²) in [6.45, 7) is 1.61. The Balaban J connectivity index is 1.82. The van der Waals surface area contributed by atoms with Gasteiger partial charge < -0.3 is 4.90 Å². The van der Waals surface area contributed by atoms with Gasteiger partial charge in [-0.15, -0.1) is 11.3 Å². The van der Waals surface area contributed by atoms with E-state index in [-0.39, 0.29) is 5.78 Å². The zero-order valence-electron chi connectivity index (χ0n) is 11.1. The predicted molar refractivity (Wildman–Crippen MR) is 88.8 cm³/mol. The fourth-order valence-electron chi connectivity index (χ4n) is 1.85. The number of ketones is 1. The van der Waals surface area contributed by atoms with E-state index in [0.29, 0.717) is 11.4 Å². The molecule has 0 unspecified atom stereocenters. The van der Waals surface area contributed by atoms with Gasteiger partial charge in [-0.1, -0.05) is 11.6 Å². The van der Waals surface area contributed by atoms with Crippen LogP contribution in [0.3, 0.4) is 0 Å². The highest BCUT2D eigenvalue weighted by atomic mass is 79.9. The smallest absolute Gasteiger partial charge is 0.164 e. The number of halogens is 2. The molecule has 0 atom stereocenters. The number of hydrogen-bond donors (Lipinski definition) is 0. The van der Waals surface area contributed by atoms with Crippen molar-refractivity contribution in [2.75, 3.05) is 13.6 Å². The molecule has 2 rings (SSSR count). The van der Waals surface area contributed by atoms with Crippen LogP contribution in [0.4, 0.5) is 0 Å². The van der Waals surface area contributed by atoms with Gasteiger partial charge >= 0.3 is 0 Å². The highest BCUT2D eigenvalue weighted by molar-refractivity contribution is 9.10. The van der Waals surface area contributed by atoms with Crippen LogP contribution in [0.5, 0.6) is 0 Å². The van der Waals surface area contributed by atoms with E-state index < -0.39 is 0 Å². The maximum Gasteiger partial charge on any atom is 0.164 e. The highest BCUT2D eigenvalue weighted by Crippen LogP contribution is 2.21. The van der Waals surface area contributed by atoms with Crippen molar-refractivity contribution in [2.24, 2.45) is 0 Å². The summed E-state index contributed by atoms with van der Waals surface area (Å²) in [6.07, 6.45) is 0.519. The molecular formula is C15H15BrClNOS. The average molecular weight is 373 g/mol. The van der Waals surface area contributed by atoms with E-state index in [4.69, 9.17) is 11.6 Å². The molecule has 0 spiro atoms. The summed E-state index contributed by atoms with van der Waals surface area (Å²) < 4.78 is 1.11. The topological polar surface area (TPSA) is 20.3 Å². The van der Waals surface area contributed by atoms with Crippen LogP contribution < -0.4 is 0 Å². The number of rotatable bonds is 6. The monoisotopic (exact) mass is 371 g/mol. The Kier molecular flexibility index (Phi) is 5.78. The van der Waals surface area contributed by atoms with Crippen LogP contribution >= 0.6 is 38.9 Å². The van der Waals surface area contributed by atoms with Crippen molar-refractivity contribution >= 4 is 44.7 Å². The first kappa shape index (κ1) is 15.7. The summed E-state index contributed by atoms with van der Waals surface area (Å²) in [7, 11) is 2.03. The second-order valence-corrected chi connectivity index (χ2v) is 7.00. The van der Waals surface area contributed by atoms with E-state index in [1.165, 1.54) is 4.88 Å². The summed E-state index contributed by atoms with van der Waals surface area (Å²) >= 11 is 11.0. The number of thiophene rings is 1. The Morgan fingerprint density at radius 1 is 1.35 bits per heavy atom. The third-order valence-electron chi connectivity index (χ3n) is 2.93. The molecule has 0 radical (unpaired) electrons. The number of carbonyl (C=O) groups is 1. The SMILES string of the molecule is CN(CCC(=O)c1ccc(Cl)cc1)Cc1cc(Br)cs1. The summed E-state index contributed by atoms with van der Waals surface area (Å²) in [4.78, 5) is 15.5. The molecule has 5 heteroatoms. The van der Waals surface area contributed by atoms with Gasteiger partial charge in [-0.2, -0.15) is 0 Å². The summed E-state index contributed by atoms with van der Waals surface area (Å²) in [5.74, 6) is 0.154. The van der Waals surface area contributed by atoms with Gasteiger partial charge in [-0.05, 0) is 53.3 Å². The van der Waals surface area contributed by atoms with Crippen molar-refractivity contribution in [3.8, 4) is 0 Å². The molecule has 0 saturated heterocycles. The molecular weight excluding hydrogens is 358 g/mol. The zero-order chi connectivity index (χ0) is 14.5. The fourth-order valence-corrected chi connectivity index (χ4v) is 3.51. The number of benzene rings is 1. The largest absolute Gasteiger partial charge is 0.301 e. The minimum atomic E-state index is 0.154. The Hall–Kier alpha value is -0.680. The van der Waals surface area contributed by atoms with Crippen molar-refractivity contribution < 1.29 is 4.79 Å². The first-order valence-electron chi connectivity index (χ1n) is 6.25. The van der Waals surface area contributed by atoms with E-state index in [1.807, 2.05) is 7.05 Å². The molecule has 0 bridgehead atoms. The van der Waals surface area contributed by atoms with Gasteiger partial charge in [0.2, 0.25) is 0 Å². The Bertz CT molecular complexity index is 582. The first-order chi connectivity index (χ1) is 9.54. The van der Waals surface area contributed by atoms with Gasteiger partial charge in [0.25, 0.3) is 0 Å². The zero-order valence-corrected chi connectivity index (χ0v) is 14.3. The van der Waals surface area contributed by atoms with Crippen LogP contribution in [0.2, 0.25) is 5.02 Å². The van der Waals surface area contributed by atoms with Gasteiger partial charge in [0, 0.05) is 44.8 Å². The normalized spacial score (nSPS) is 11.0. The van der Waals surface area contributed by atoms with E-state index in [2.05, 4.69) is 32.3 Å². The molecule has 0 saturated carbocycles. The van der Waals surface area contributed by atoms with Crippen LogP contribution in [0.25, 0.3) is 0 Å². The molecule has 0 aliphatic heterocycles. The number of Topliss-reactive ketones (excluding diaryl/α,β-unsaturated/α-hetero) is 1. The van der Waals surface area contributed by atoms with Crippen LogP contribution in [0.15, 0.2) is 40.2 Å². The number of nitrogens with zero attached hydrogens (tertiary/aromatic N) is 1. The molecule has 0 aliphatic rings.